The molecule has 1 aromatic carbocycles. The van der Waals surface area contributed by atoms with E-state index in [0.29, 0.717) is 0 Å². The maximum atomic E-state index is 5.42. The van der Waals surface area contributed by atoms with Gasteiger partial charge in [-0.05, 0) is 31.2 Å². The maximum Gasteiger partial charge on any atom is 0.180 e. The molecule has 1 aliphatic rings. The highest BCUT2D eigenvalue weighted by Gasteiger charge is 2.22. The molecule has 0 unspecified atom stereocenters. The van der Waals surface area contributed by atoms with Gasteiger partial charge in [-0.3, -0.25) is 4.98 Å². The van der Waals surface area contributed by atoms with Gasteiger partial charge in [0.1, 0.15) is 0 Å². The van der Waals surface area contributed by atoms with Crippen molar-refractivity contribution >= 4 is 22.5 Å². The van der Waals surface area contributed by atoms with Gasteiger partial charge >= 0.3 is 0 Å². The van der Waals surface area contributed by atoms with Crippen LogP contribution in [0.1, 0.15) is 5.69 Å². The second-order valence-electron chi connectivity index (χ2n) is 5.58. The zero-order valence-electron chi connectivity index (χ0n) is 12.6. The molecule has 1 fully saturated rings. The minimum absolute atomic E-state index is 0.850. The Hall–Kier alpha value is -2.56. The number of hydrogen-bond acceptors (Lipinski definition) is 5. The zero-order valence-corrected chi connectivity index (χ0v) is 12.6. The molecule has 2 aromatic heterocycles. The number of nitrogens with zero attached hydrogens (tertiary/aromatic N) is 4. The quantitative estimate of drug-likeness (QED) is 0.727. The number of aromatic nitrogens is 2. The van der Waals surface area contributed by atoms with E-state index in [1.807, 2.05) is 30.5 Å². The molecule has 5 nitrogen and oxygen atoms in total. The molecule has 5 heteroatoms. The van der Waals surface area contributed by atoms with Crippen LogP contribution in [0.25, 0.3) is 11.0 Å². The Morgan fingerprint density at radius 3 is 2.55 bits per heavy atom. The molecule has 0 saturated carbocycles. The average Bonchev–Trinajstić information content (AvgIpc) is 3.00. The van der Waals surface area contributed by atoms with Crippen LogP contribution in [0.2, 0.25) is 0 Å². The van der Waals surface area contributed by atoms with Crippen LogP contribution in [0.15, 0.2) is 47.1 Å². The van der Waals surface area contributed by atoms with Crippen molar-refractivity contribution < 1.29 is 4.52 Å². The fourth-order valence-electron chi connectivity index (χ4n) is 3.07. The van der Waals surface area contributed by atoms with Crippen molar-refractivity contribution in [2.24, 2.45) is 0 Å². The van der Waals surface area contributed by atoms with Crippen LogP contribution >= 0.6 is 0 Å². The highest BCUT2D eigenvalue weighted by molar-refractivity contribution is 5.88. The lowest BCUT2D eigenvalue weighted by atomic mass is 10.2. The van der Waals surface area contributed by atoms with E-state index in [0.717, 1.165) is 48.7 Å². The van der Waals surface area contributed by atoms with E-state index in [1.54, 1.807) is 0 Å². The summed E-state index contributed by atoms with van der Waals surface area (Å²) < 4.78 is 5.42. The van der Waals surface area contributed by atoms with Crippen molar-refractivity contribution in [1.82, 2.24) is 10.1 Å². The maximum absolute atomic E-state index is 5.42. The number of fused-ring (bicyclic) bond motifs is 1. The Balaban J connectivity index is 1.54. The van der Waals surface area contributed by atoms with Gasteiger partial charge in [-0.2, -0.15) is 0 Å². The Morgan fingerprint density at radius 1 is 0.955 bits per heavy atom. The van der Waals surface area contributed by atoms with Gasteiger partial charge in [-0.1, -0.05) is 17.3 Å². The molecule has 22 heavy (non-hydrogen) atoms. The van der Waals surface area contributed by atoms with E-state index in [1.165, 1.54) is 5.69 Å². The van der Waals surface area contributed by atoms with Crippen LogP contribution in [0.5, 0.6) is 0 Å². The summed E-state index contributed by atoms with van der Waals surface area (Å²) in [5.74, 6) is 0.957. The summed E-state index contributed by atoms with van der Waals surface area (Å²) >= 11 is 0. The number of hydrogen-bond donors (Lipinski definition) is 0. The van der Waals surface area contributed by atoms with Gasteiger partial charge in [0.05, 0.1) is 16.8 Å². The predicted molar refractivity (Wildman–Crippen MR) is 87.4 cm³/mol. The lowest BCUT2D eigenvalue weighted by Gasteiger charge is -2.36. The van der Waals surface area contributed by atoms with Crippen molar-refractivity contribution in [2.45, 2.75) is 6.92 Å². The minimum Gasteiger partial charge on any atom is -0.367 e. The SMILES string of the molecule is Cc1ncccc1N1CCN(c2noc3ccccc23)CC1. The van der Waals surface area contributed by atoms with E-state index < -0.39 is 0 Å². The first-order valence-electron chi connectivity index (χ1n) is 7.59. The fraction of sp³-hybridized carbons (Fsp3) is 0.294. The number of benzene rings is 1. The molecule has 0 bridgehead atoms. The monoisotopic (exact) mass is 294 g/mol. The van der Waals surface area contributed by atoms with Crippen LogP contribution in [-0.4, -0.2) is 36.3 Å². The second kappa shape index (κ2) is 5.33. The largest absolute Gasteiger partial charge is 0.367 e. The number of para-hydroxylation sites is 1. The molecule has 0 aliphatic carbocycles. The smallest absolute Gasteiger partial charge is 0.180 e. The van der Waals surface area contributed by atoms with E-state index in [9.17, 15) is 0 Å². The van der Waals surface area contributed by atoms with Gasteiger partial charge in [-0.15, -0.1) is 0 Å². The summed E-state index contributed by atoms with van der Waals surface area (Å²) in [6.45, 7) is 5.87. The molecule has 0 amide bonds. The summed E-state index contributed by atoms with van der Waals surface area (Å²) in [6, 6.07) is 12.2. The molecule has 0 atom stereocenters. The zero-order chi connectivity index (χ0) is 14.9. The van der Waals surface area contributed by atoms with Gasteiger partial charge in [0, 0.05) is 32.4 Å². The van der Waals surface area contributed by atoms with Gasteiger partial charge in [0.25, 0.3) is 0 Å². The highest BCUT2D eigenvalue weighted by Crippen LogP contribution is 2.27. The number of aryl methyl sites for hydroxylation is 1. The third-order valence-corrected chi connectivity index (χ3v) is 4.26. The Labute approximate surface area is 129 Å². The molecule has 112 valence electrons. The summed E-state index contributed by atoms with van der Waals surface area (Å²) in [4.78, 5) is 9.07. The molecule has 0 N–H and O–H groups in total. The van der Waals surface area contributed by atoms with Gasteiger partial charge in [0.15, 0.2) is 11.4 Å². The fourth-order valence-corrected chi connectivity index (χ4v) is 3.07. The van der Waals surface area contributed by atoms with Crippen molar-refractivity contribution in [3.8, 4) is 0 Å². The average molecular weight is 294 g/mol. The molecule has 0 radical (unpaired) electrons. The number of anilines is 2. The van der Waals surface area contributed by atoms with Crippen molar-refractivity contribution in [3.63, 3.8) is 0 Å². The summed E-state index contributed by atoms with van der Waals surface area (Å²) in [5.41, 5.74) is 3.16. The molecule has 0 spiro atoms. The lowest BCUT2D eigenvalue weighted by molar-refractivity contribution is 0.453. The Kier molecular flexibility index (Phi) is 3.18. The van der Waals surface area contributed by atoms with Crippen LogP contribution in [0, 0.1) is 6.92 Å². The third kappa shape index (κ3) is 2.19. The Morgan fingerprint density at radius 2 is 1.73 bits per heavy atom. The van der Waals surface area contributed by atoms with Crippen LogP contribution in [0.3, 0.4) is 0 Å². The lowest BCUT2D eigenvalue weighted by Crippen LogP contribution is -2.47. The molecule has 3 aromatic rings. The van der Waals surface area contributed by atoms with E-state index in [2.05, 4.69) is 39.0 Å². The van der Waals surface area contributed by atoms with Crippen molar-refractivity contribution in [2.75, 3.05) is 36.0 Å². The molecular weight excluding hydrogens is 276 g/mol. The van der Waals surface area contributed by atoms with Crippen LogP contribution in [0.4, 0.5) is 11.5 Å². The summed E-state index contributed by atoms with van der Waals surface area (Å²) in [7, 11) is 0. The summed E-state index contributed by atoms with van der Waals surface area (Å²) in [5, 5.41) is 5.35. The molecular formula is C17H18N4O. The number of pyridine rings is 1. The first kappa shape index (κ1) is 13.1. The van der Waals surface area contributed by atoms with Crippen molar-refractivity contribution in [1.29, 1.82) is 0 Å². The Bertz CT molecular complexity index is 790. The molecule has 1 aliphatic heterocycles. The second-order valence-corrected chi connectivity index (χ2v) is 5.58. The normalized spacial score (nSPS) is 15.5. The van der Waals surface area contributed by atoms with E-state index in [-0.39, 0.29) is 0 Å². The molecule has 3 heterocycles. The molecule has 4 rings (SSSR count). The number of piperazine rings is 1. The third-order valence-electron chi connectivity index (χ3n) is 4.26. The number of rotatable bonds is 2. The van der Waals surface area contributed by atoms with Gasteiger partial charge in [-0.25, -0.2) is 0 Å². The van der Waals surface area contributed by atoms with E-state index >= 15 is 0 Å². The molecule has 1 saturated heterocycles. The van der Waals surface area contributed by atoms with Gasteiger partial charge in [0.2, 0.25) is 0 Å². The topological polar surface area (TPSA) is 45.4 Å². The highest BCUT2D eigenvalue weighted by atomic mass is 16.5. The predicted octanol–water partition coefficient (Wildman–Crippen LogP) is 2.86. The van der Waals surface area contributed by atoms with Crippen LogP contribution in [-0.2, 0) is 0 Å². The first-order valence-corrected chi connectivity index (χ1v) is 7.59. The standard InChI is InChI=1S/C17H18N4O/c1-13-15(6-4-8-18-13)20-9-11-21(12-10-20)17-14-5-2-3-7-16(14)22-19-17/h2-8H,9-12H2,1H3. The van der Waals surface area contributed by atoms with Gasteiger partial charge < -0.3 is 14.3 Å². The summed E-state index contributed by atoms with van der Waals surface area (Å²) in [6.07, 6.45) is 1.84. The van der Waals surface area contributed by atoms with Crippen LogP contribution < -0.4 is 9.80 Å². The minimum atomic E-state index is 0.850. The van der Waals surface area contributed by atoms with Crippen molar-refractivity contribution in [3.05, 3.63) is 48.3 Å². The first-order chi connectivity index (χ1) is 10.8. The van der Waals surface area contributed by atoms with E-state index in [4.69, 9.17) is 4.52 Å².